The van der Waals surface area contributed by atoms with Gasteiger partial charge in [-0.2, -0.15) is 0 Å². The van der Waals surface area contributed by atoms with Crippen molar-refractivity contribution in [2.75, 3.05) is 0 Å². The van der Waals surface area contributed by atoms with E-state index in [9.17, 15) is 10.2 Å². The summed E-state index contributed by atoms with van der Waals surface area (Å²) >= 11 is 0. The summed E-state index contributed by atoms with van der Waals surface area (Å²) in [5.41, 5.74) is 0.494. The maximum Gasteiger partial charge on any atom is 0.0623 e. The monoisotopic (exact) mass is 416 g/mol. The van der Waals surface area contributed by atoms with Crippen LogP contribution < -0.4 is 0 Å². The minimum absolute atomic E-state index is 0.0276. The minimum atomic E-state index is -0.319. The lowest BCUT2D eigenvalue weighted by Gasteiger charge is -2.62. The second-order valence-corrected chi connectivity index (χ2v) is 12.7. The smallest absolute Gasteiger partial charge is 0.0623 e. The van der Waals surface area contributed by atoms with Crippen LogP contribution in [0.4, 0.5) is 0 Å². The number of hydrogen-bond acceptors (Lipinski definition) is 2. The van der Waals surface area contributed by atoms with E-state index in [1.165, 1.54) is 38.5 Å². The molecule has 30 heavy (non-hydrogen) atoms. The van der Waals surface area contributed by atoms with Crippen LogP contribution in [0.1, 0.15) is 92.9 Å². The highest BCUT2D eigenvalue weighted by Gasteiger charge is 2.62. The molecule has 4 fully saturated rings. The lowest BCUT2D eigenvalue weighted by atomic mass is 9.43. The fraction of sp³-hybridized carbons (Fsp3) is 0.929. The average Bonchev–Trinajstić information content (AvgIpc) is 3.04. The second kappa shape index (κ2) is 8.22. The van der Waals surface area contributed by atoms with Crippen LogP contribution >= 0.6 is 0 Å². The molecule has 5 unspecified atom stereocenters. The predicted molar refractivity (Wildman–Crippen MR) is 125 cm³/mol. The van der Waals surface area contributed by atoms with Crippen LogP contribution in [0.25, 0.3) is 0 Å². The van der Waals surface area contributed by atoms with Crippen LogP contribution in [0.5, 0.6) is 0 Å². The van der Waals surface area contributed by atoms with Gasteiger partial charge in [0.15, 0.2) is 0 Å². The molecule has 2 heteroatoms. The first-order chi connectivity index (χ1) is 14.1. The summed E-state index contributed by atoms with van der Waals surface area (Å²) in [6.07, 6.45) is 13.8. The Bertz CT molecular complexity index is 641. The van der Waals surface area contributed by atoms with Gasteiger partial charge in [-0.15, -0.1) is 0 Å². The molecular weight excluding hydrogens is 368 g/mol. The van der Waals surface area contributed by atoms with Crippen molar-refractivity contribution in [2.24, 2.45) is 58.2 Å². The molecule has 2 nitrogen and oxygen atoms in total. The van der Waals surface area contributed by atoms with Gasteiger partial charge in [-0.05, 0) is 110 Å². The van der Waals surface area contributed by atoms with Crippen molar-refractivity contribution in [3.8, 4) is 0 Å². The van der Waals surface area contributed by atoms with Gasteiger partial charge < -0.3 is 10.2 Å². The molecule has 4 aliphatic rings. The molecular formula is C28H48O2. The first-order valence-corrected chi connectivity index (χ1v) is 13.1. The summed E-state index contributed by atoms with van der Waals surface area (Å²) in [6.45, 7) is 14.5. The number of allylic oxidation sites excluding steroid dienone is 2. The van der Waals surface area contributed by atoms with Crippen molar-refractivity contribution in [3.05, 3.63) is 12.2 Å². The number of fused-ring (bicyclic) bond motifs is 5. The van der Waals surface area contributed by atoms with Crippen LogP contribution in [0.3, 0.4) is 0 Å². The zero-order valence-corrected chi connectivity index (χ0v) is 20.5. The zero-order chi connectivity index (χ0) is 21.8. The number of aliphatic hydroxyl groups is 2. The summed E-state index contributed by atoms with van der Waals surface area (Å²) in [5, 5.41) is 21.4. The van der Waals surface area contributed by atoms with Gasteiger partial charge in [0.05, 0.1) is 12.2 Å². The van der Waals surface area contributed by atoms with Gasteiger partial charge >= 0.3 is 0 Å². The number of aliphatic hydroxyl groups excluding tert-OH is 2. The molecule has 4 rings (SSSR count). The van der Waals surface area contributed by atoms with Gasteiger partial charge in [-0.25, -0.2) is 0 Å². The maximum absolute atomic E-state index is 11.1. The maximum atomic E-state index is 11.1. The molecule has 2 N–H and O–H groups in total. The molecule has 0 aliphatic heterocycles. The Morgan fingerprint density at radius 1 is 0.833 bits per heavy atom. The van der Waals surface area contributed by atoms with E-state index < -0.39 is 0 Å². The van der Waals surface area contributed by atoms with Crippen LogP contribution in [-0.2, 0) is 0 Å². The first kappa shape index (κ1) is 22.8. The van der Waals surface area contributed by atoms with E-state index in [1.807, 2.05) is 0 Å². The molecule has 0 bridgehead atoms. The average molecular weight is 417 g/mol. The first-order valence-electron chi connectivity index (χ1n) is 13.1. The predicted octanol–water partition coefficient (Wildman–Crippen LogP) is 6.46. The fourth-order valence-corrected chi connectivity index (χ4v) is 8.91. The molecule has 0 aromatic carbocycles. The summed E-state index contributed by atoms with van der Waals surface area (Å²) in [4.78, 5) is 0. The van der Waals surface area contributed by atoms with Gasteiger partial charge in [-0.3, -0.25) is 0 Å². The van der Waals surface area contributed by atoms with Crippen molar-refractivity contribution >= 4 is 0 Å². The SMILES string of the molecule is CC(/C=C/[C@H](C)C(C)C)[C@H]1CCC2C3CCC4C[C@@H](O)C[C@H](O)[C@]4(C)C3CC[C@@]21C. The topological polar surface area (TPSA) is 40.5 Å². The Hall–Kier alpha value is -0.340. The molecule has 172 valence electrons. The Balaban J connectivity index is 1.53. The van der Waals surface area contributed by atoms with E-state index in [0.717, 1.165) is 24.2 Å². The van der Waals surface area contributed by atoms with Crippen molar-refractivity contribution in [1.29, 1.82) is 0 Å². The Morgan fingerprint density at radius 2 is 1.57 bits per heavy atom. The molecule has 0 aromatic rings. The van der Waals surface area contributed by atoms with Crippen molar-refractivity contribution < 1.29 is 10.2 Å². The number of rotatable bonds is 4. The quantitative estimate of drug-likeness (QED) is 0.516. The van der Waals surface area contributed by atoms with Crippen molar-refractivity contribution in [1.82, 2.24) is 0 Å². The van der Waals surface area contributed by atoms with E-state index in [0.29, 0.717) is 41.4 Å². The Labute approximate surface area is 185 Å². The summed E-state index contributed by atoms with van der Waals surface area (Å²) < 4.78 is 0. The van der Waals surface area contributed by atoms with E-state index in [-0.39, 0.29) is 17.6 Å². The van der Waals surface area contributed by atoms with Gasteiger partial charge in [0, 0.05) is 0 Å². The molecule has 0 amide bonds. The highest BCUT2D eigenvalue weighted by molar-refractivity contribution is 5.12. The van der Waals surface area contributed by atoms with Crippen molar-refractivity contribution in [3.63, 3.8) is 0 Å². The largest absolute Gasteiger partial charge is 0.393 e. The third-order valence-electron chi connectivity index (χ3n) is 11.2. The molecule has 4 aliphatic carbocycles. The molecule has 11 atom stereocenters. The molecule has 0 spiro atoms. The summed E-state index contributed by atoms with van der Waals surface area (Å²) in [6, 6.07) is 0. The molecule has 0 radical (unpaired) electrons. The number of hydrogen-bond donors (Lipinski definition) is 2. The third kappa shape index (κ3) is 3.53. The fourth-order valence-electron chi connectivity index (χ4n) is 8.91. The standard InChI is InChI=1S/C28H48O2/c1-17(2)18(3)7-8-19(4)23-11-12-24-22-10-9-20-15-21(29)16-26(30)28(20,6)25(22)13-14-27(23,24)5/h7-8,17-26,29-30H,9-16H2,1-6H3/b8-7+/t18-,19?,20?,21+,22?,23+,24?,25?,26-,27+,28-/m0/s1. The summed E-state index contributed by atoms with van der Waals surface area (Å²) in [5.74, 6) is 5.63. The zero-order valence-electron chi connectivity index (χ0n) is 20.5. The van der Waals surface area contributed by atoms with Crippen LogP contribution in [0.15, 0.2) is 12.2 Å². The Kier molecular flexibility index (Phi) is 6.26. The van der Waals surface area contributed by atoms with E-state index >= 15 is 0 Å². The molecule has 4 saturated carbocycles. The van der Waals surface area contributed by atoms with Gasteiger partial charge in [0.1, 0.15) is 0 Å². The third-order valence-corrected chi connectivity index (χ3v) is 11.2. The molecule has 0 saturated heterocycles. The Morgan fingerprint density at radius 3 is 2.27 bits per heavy atom. The molecule has 0 heterocycles. The highest BCUT2D eigenvalue weighted by atomic mass is 16.3. The van der Waals surface area contributed by atoms with E-state index in [2.05, 4.69) is 53.7 Å². The van der Waals surface area contributed by atoms with Crippen LogP contribution in [0, 0.1) is 58.2 Å². The minimum Gasteiger partial charge on any atom is -0.393 e. The normalized spacial score (nSPS) is 50.8. The van der Waals surface area contributed by atoms with E-state index in [4.69, 9.17) is 0 Å². The highest BCUT2D eigenvalue weighted by Crippen LogP contribution is 2.68. The van der Waals surface area contributed by atoms with Crippen LogP contribution in [-0.4, -0.2) is 22.4 Å². The molecule has 0 aromatic heterocycles. The lowest BCUT2D eigenvalue weighted by Crippen LogP contribution is -2.59. The summed E-state index contributed by atoms with van der Waals surface area (Å²) in [7, 11) is 0. The second-order valence-electron chi connectivity index (χ2n) is 12.7. The van der Waals surface area contributed by atoms with Crippen LogP contribution in [0.2, 0.25) is 0 Å². The lowest BCUT2D eigenvalue weighted by molar-refractivity contribution is -0.181. The van der Waals surface area contributed by atoms with Crippen molar-refractivity contribution in [2.45, 2.75) is 105 Å². The van der Waals surface area contributed by atoms with E-state index in [1.54, 1.807) is 0 Å². The van der Waals surface area contributed by atoms with Gasteiger partial charge in [0.2, 0.25) is 0 Å². The van der Waals surface area contributed by atoms with Gasteiger partial charge in [-0.1, -0.05) is 53.7 Å². The van der Waals surface area contributed by atoms with Gasteiger partial charge in [0.25, 0.3) is 0 Å².